The molecule has 0 aliphatic heterocycles. The summed E-state index contributed by atoms with van der Waals surface area (Å²) in [7, 11) is 0. The number of benzene rings is 1. The van der Waals surface area contributed by atoms with Crippen LogP contribution in [0.2, 0.25) is 5.02 Å². The Hall–Kier alpha value is -0.530. The Morgan fingerprint density at radius 2 is 1.50 bits per heavy atom. The van der Waals surface area contributed by atoms with E-state index in [1.54, 1.807) is 6.92 Å². The van der Waals surface area contributed by atoms with Crippen LogP contribution >= 0.6 is 11.6 Å². The van der Waals surface area contributed by atoms with Gasteiger partial charge in [-0.25, -0.2) is 0 Å². The molecule has 0 spiro atoms. The fourth-order valence-electron chi connectivity index (χ4n) is 0.919. The average Bonchev–Trinajstić information content (AvgIpc) is 1.84. The molecule has 0 unspecified atom stereocenters. The average molecular weight is 187 g/mol. The number of halogens is 1. The summed E-state index contributed by atoms with van der Waals surface area (Å²) in [5.41, 5.74) is 2.44. The van der Waals surface area contributed by atoms with Crippen molar-refractivity contribution in [3.63, 3.8) is 0 Å². The van der Waals surface area contributed by atoms with Gasteiger partial charge in [0.15, 0.2) is 0 Å². The first-order valence-corrected chi connectivity index (χ1v) is 4.32. The second kappa shape index (κ2) is 6.04. The van der Waals surface area contributed by atoms with Gasteiger partial charge in [0, 0.05) is 11.6 Å². The van der Waals surface area contributed by atoms with Crippen molar-refractivity contribution in [1.82, 2.24) is 0 Å². The quantitative estimate of drug-likeness (QED) is 0.661. The van der Waals surface area contributed by atoms with E-state index in [2.05, 4.69) is 6.07 Å². The standard InChI is InChI=1S/C8H9Cl.C2H6O/c1-6-3-7(2)5-8(9)4-6;1-2-3/h3-5H,1-2H3;3H,2H2,1H3. The van der Waals surface area contributed by atoms with Crippen LogP contribution in [-0.2, 0) is 0 Å². The summed E-state index contributed by atoms with van der Waals surface area (Å²) in [6.07, 6.45) is 0. The van der Waals surface area contributed by atoms with E-state index in [9.17, 15) is 0 Å². The van der Waals surface area contributed by atoms with Crippen LogP contribution in [0.1, 0.15) is 18.1 Å². The summed E-state index contributed by atoms with van der Waals surface area (Å²) >= 11 is 5.75. The van der Waals surface area contributed by atoms with Crippen LogP contribution in [0.4, 0.5) is 0 Å². The zero-order valence-corrected chi connectivity index (χ0v) is 8.52. The molecule has 0 aromatic heterocycles. The summed E-state index contributed by atoms with van der Waals surface area (Å²) < 4.78 is 0. The minimum atomic E-state index is 0.250. The molecule has 0 aliphatic rings. The van der Waals surface area contributed by atoms with Gasteiger partial charge in [-0.1, -0.05) is 17.7 Å². The van der Waals surface area contributed by atoms with Crippen LogP contribution in [0.3, 0.4) is 0 Å². The lowest BCUT2D eigenvalue weighted by molar-refractivity contribution is 0.318. The van der Waals surface area contributed by atoms with E-state index >= 15 is 0 Å². The van der Waals surface area contributed by atoms with E-state index in [0.29, 0.717) is 0 Å². The molecule has 0 aliphatic carbocycles. The van der Waals surface area contributed by atoms with Crippen molar-refractivity contribution in [2.75, 3.05) is 6.61 Å². The summed E-state index contributed by atoms with van der Waals surface area (Å²) in [4.78, 5) is 0. The van der Waals surface area contributed by atoms with E-state index in [-0.39, 0.29) is 6.61 Å². The molecule has 12 heavy (non-hydrogen) atoms. The van der Waals surface area contributed by atoms with Gasteiger partial charge in [0.1, 0.15) is 0 Å². The molecule has 0 saturated carbocycles. The highest BCUT2D eigenvalue weighted by molar-refractivity contribution is 6.30. The minimum Gasteiger partial charge on any atom is -0.397 e. The van der Waals surface area contributed by atoms with Crippen molar-refractivity contribution in [1.29, 1.82) is 0 Å². The van der Waals surface area contributed by atoms with Crippen molar-refractivity contribution in [2.45, 2.75) is 20.8 Å². The second-order valence-electron chi connectivity index (χ2n) is 2.62. The van der Waals surface area contributed by atoms with Crippen molar-refractivity contribution < 1.29 is 5.11 Å². The van der Waals surface area contributed by atoms with Gasteiger partial charge in [-0.2, -0.15) is 0 Å². The van der Waals surface area contributed by atoms with Crippen molar-refractivity contribution in [3.05, 3.63) is 34.3 Å². The monoisotopic (exact) mass is 186 g/mol. The van der Waals surface area contributed by atoms with Crippen molar-refractivity contribution in [2.24, 2.45) is 0 Å². The maximum Gasteiger partial charge on any atom is 0.0411 e. The molecule has 68 valence electrons. The summed E-state index contributed by atoms with van der Waals surface area (Å²) in [6, 6.07) is 6.01. The molecule has 0 saturated heterocycles. The molecular formula is C10H15ClO. The second-order valence-corrected chi connectivity index (χ2v) is 3.06. The number of rotatable bonds is 0. The van der Waals surface area contributed by atoms with Crippen molar-refractivity contribution in [3.8, 4) is 0 Å². The zero-order chi connectivity index (χ0) is 9.56. The molecule has 2 heteroatoms. The highest BCUT2D eigenvalue weighted by Gasteiger charge is 1.89. The summed E-state index contributed by atoms with van der Waals surface area (Å²) in [5, 5.41) is 8.40. The lowest BCUT2D eigenvalue weighted by Crippen LogP contribution is -1.74. The predicted molar refractivity (Wildman–Crippen MR) is 53.7 cm³/mol. The molecule has 1 aromatic carbocycles. The maximum absolute atomic E-state index is 7.57. The number of aryl methyl sites for hydroxylation is 2. The normalized spacial score (nSPS) is 8.75. The first kappa shape index (κ1) is 11.5. The Morgan fingerprint density at radius 1 is 1.17 bits per heavy atom. The van der Waals surface area contributed by atoms with Gasteiger partial charge < -0.3 is 5.11 Å². The third-order valence-corrected chi connectivity index (χ3v) is 1.40. The summed E-state index contributed by atoms with van der Waals surface area (Å²) in [6.45, 7) is 6.01. The van der Waals surface area contributed by atoms with E-state index in [4.69, 9.17) is 16.7 Å². The van der Waals surface area contributed by atoms with Gasteiger partial charge >= 0.3 is 0 Å². The molecule has 0 bridgehead atoms. The fraction of sp³-hybridized carbons (Fsp3) is 0.400. The van der Waals surface area contributed by atoms with E-state index < -0.39 is 0 Å². The van der Waals surface area contributed by atoms with Gasteiger partial charge in [0.2, 0.25) is 0 Å². The van der Waals surface area contributed by atoms with Crippen LogP contribution in [-0.4, -0.2) is 11.7 Å². The molecule has 0 heterocycles. The van der Waals surface area contributed by atoms with Crippen LogP contribution in [0.25, 0.3) is 0 Å². The molecule has 0 amide bonds. The smallest absolute Gasteiger partial charge is 0.0411 e. The molecule has 1 nitrogen and oxygen atoms in total. The SMILES string of the molecule is CCO.Cc1cc(C)cc(Cl)c1. The predicted octanol–water partition coefficient (Wildman–Crippen LogP) is 2.96. The fourth-order valence-corrected chi connectivity index (χ4v) is 1.26. The Balaban J connectivity index is 0.000000354. The molecule has 0 atom stereocenters. The Bertz CT molecular complexity index is 183. The third-order valence-electron chi connectivity index (χ3n) is 1.19. The molecule has 0 fully saturated rings. The van der Waals surface area contributed by atoms with Gasteiger partial charge in [-0.3, -0.25) is 0 Å². The first-order valence-electron chi connectivity index (χ1n) is 3.94. The Labute approximate surface area is 79.0 Å². The van der Waals surface area contributed by atoms with Crippen LogP contribution in [0.5, 0.6) is 0 Å². The van der Waals surface area contributed by atoms with Gasteiger partial charge in [0.25, 0.3) is 0 Å². The topological polar surface area (TPSA) is 20.2 Å². The Kier molecular flexibility index (Phi) is 5.77. The van der Waals surface area contributed by atoms with Gasteiger partial charge in [0.05, 0.1) is 0 Å². The van der Waals surface area contributed by atoms with Crippen LogP contribution in [0, 0.1) is 13.8 Å². The van der Waals surface area contributed by atoms with Crippen molar-refractivity contribution >= 4 is 11.6 Å². The lowest BCUT2D eigenvalue weighted by atomic mass is 10.2. The Morgan fingerprint density at radius 3 is 1.75 bits per heavy atom. The van der Waals surface area contributed by atoms with E-state index in [1.807, 2.05) is 26.0 Å². The largest absolute Gasteiger partial charge is 0.397 e. The van der Waals surface area contributed by atoms with Gasteiger partial charge in [-0.15, -0.1) is 0 Å². The lowest BCUT2D eigenvalue weighted by Gasteiger charge is -1.95. The number of aliphatic hydroxyl groups is 1. The number of aliphatic hydroxyl groups excluding tert-OH is 1. The molecule has 1 rings (SSSR count). The van der Waals surface area contributed by atoms with Gasteiger partial charge in [-0.05, 0) is 44.0 Å². The molecule has 1 N–H and O–H groups in total. The first-order chi connectivity index (χ1) is 5.60. The molecule has 0 radical (unpaired) electrons. The molecule has 1 aromatic rings. The molecular weight excluding hydrogens is 172 g/mol. The van der Waals surface area contributed by atoms with E-state index in [0.717, 1.165) is 5.02 Å². The van der Waals surface area contributed by atoms with Crippen LogP contribution in [0.15, 0.2) is 18.2 Å². The number of hydrogen-bond acceptors (Lipinski definition) is 1. The van der Waals surface area contributed by atoms with E-state index in [1.165, 1.54) is 11.1 Å². The number of hydrogen-bond donors (Lipinski definition) is 1. The zero-order valence-electron chi connectivity index (χ0n) is 7.76. The maximum atomic E-state index is 7.57. The highest BCUT2D eigenvalue weighted by atomic mass is 35.5. The minimum absolute atomic E-state index is 0.250. The summed E-state index contributed by atoms with van der Waals surface area (Å²) in [5.74, 6) is 0. The van der Waals surface area contributed by atoms with Crippen LogP contribution < -0.4 is 0 Å². The highest BCUT2D eigenvalue weighted by Crippen LogP contribution is 2.12. The third kappa shape index (κ3) is 5.16.